The predicted octanol–water partition coefficient (Wildman–Crippen LogP) is 4.30. The van der Waals surface area contributed by atoms with E-state index in [0.717, 1.165) is 13.0 Å². The Kier molecular flexibility index (Phi) is 5.85. The van der Waals surface area contributed by atoms with Gasteiger partial charge in [-0.2, -0.15) is 0 Å². The molecule has 0 unspecified atom stereocenters. The second-order valence-electron chi connectivity index (χ2n) is 5.49. The van der Waals surface area contributed by atoms with Crippen molar-refractivity contribution in [2.45, 2.75) is 58.9 Å². The van der Waals surface area contributed by atoms with Gasteiger partial charge < -0.3 is 0 Å². The van der Waals surface area contributed by atoms with Crippen molar-refractivity contribution in [1.82, 2.24) is 4.57 Å². The summed E-state index contributed by atoms with van der Waals surface area (Å²) in [4.78, 5) is 0. The minimum atomic E-state index is 1.10. The Morgan fingerprint density at radius 1 is 0.950 bits per heavy atom. The molecule has 0 aliphatic rings. The Morgan fingerprint density at radius 2 is 1.70 bits per heavy atom. The third-order valence-corrected chi connectivity index (χ3v) is 3.85. The minimum Gasteiger partial charge on any atom is -0.236 e. The first-order valence-corrected chi connectivity index (χ1v) is 8.00. The van der Waals surface area contributed by atoms with Crippen LogP contribution < -0.4 is 4.57 Å². The molecule has 0 N–H and O–H groups in total. The summed E-state index contributed by atoms with van der Waals surface area (Å²) in [5.74, 6) is 0. The maximum Gasteiger partial charge on any atom is 0.248 e. The molecule has 0 bridgehead atoms. The quantitative estimate of drug-likeness (QED) is 0.500. The van der Waals surface area contributed by atoms with Gasteiger partial charge in [0.25, 0.3) is 0 Å². The van der Waals surface area contributed by atoms with Crippen molar-refractivity contribution < 1.29 is 4.57 Å². The maximum atomic E-state index is 2.29. The number of nitrogens with zero attached hydrogens (tertiary/aromatic N) is 2. The van der Waals surface area contributed by atoms with E-state index in [-0.39, 0.29) is 0 Å². The van der Waals surface area contributed by atoms with E-state index >= 15 is 0 Å². The van der Waals surface area contributed by atoms with Crippen molar-refractivity contribution >= 4 is 0 Å². The fraction of sp³-hybridized carbons (Fsp3) is 0.500. The maximum absolute atomic E-state index is 2.29. The highest BCUT2D eigenvalue weighted by atomic mass is 15.1. The molecule has 1 heterocycles. The normalized spacial score (nSPS) is 10.9. The molecule has 0 saturated heterocycles. The second kappa shape index (κ2) is 7.88. The van der Waals surface area contributed by atoms with Crippen LogP contribution in [0.3, 0.4) is 0 Å². The molecule has 0 aliphatic heterocycles. The molecule has 2 aromatic rings. The molecular formula is C18H27N2+. The van der Waals surface area contributed by atoms with E-state index in [9.17, 15) is 0 Å². The van der Waals surface area contributed by atoms with Crippen LogP contribution in [-0.4, -0.2) is 4.57 Å². The van der Waals surface area contributed by atoms with Crippen LogP contribution in [0.25, 0.3) is 5.69 Å². The van der Waals surface area contributed by atoms with Gasteiger partial charge in [0, 0.05) is 0 Å². The van der Waals surface area contributed by atoms with E-state index in [4.69, 9.17) is 0 Å². The minimum absolute atomic E-state index is 1.10. The largest absolute Gasteiger partial charge is 0.248 e. The summed E-state index contributed by atoms with van der Waals surface area (Å²) >= 11 is 0. The van der Waals surface area contributed by atoms with Crippen LogP contribution in [0.4, 0.5) is 0 Å². The zero-order valence-corrected chi connectivity index (χ0v) is 12.9. The Bertz CT molecular complexity index is 496. The van der Waals surface area contributed by atoms with E-state index in [1.54, 1.807) is 0 Å². The van der Waals surface area contributed by atoms with Crippen LogP contribution in [0.1, 0.15) is 51.5 Å². The van der Waals surface area contributed by atoms with Crippen LogP contribution in [0.2, 0.25) is 0 Å². The van der Waals surface area contributed by atoms with E-state index in [1.807, 2.05) is 0 Å². The lowest BCUT2D eigenvalue weighted by Crippen LogP contribution is -2.30. The van der Waals surface area contributed by atoms with Crippen LogP contribution in [0.5, 0.6) is 0 Å². The van der Waals surface area contributed by atoms with Gasteiger partial charge in [0.2, 0.25) is 6.33 Å². The highest BCUT2D eigenvalue weighted by Gasteiger charge is 2.06. The van der Waals surface area contributed by atoms with Crippen molar-refractivity contribution in [1.29, 1.82) is 0 Å². The molecule has 0 atom stereocenters. The van der Waals surface area contributed by atoms with Gasteiger partial charge in [0.15, 0.2) is 0 Å². The molecule has 108 valence electrons. The van der Waals surface area contributed by atoms with Crippen LogP contribution >= 0.6 is 0 Å². The van der Waals surface area contributed by atoms with Crippen LogP contribution in [0.15, 0.2) is 43.0 Å². The summed E-state index contributed by atoms with van der Waals surface area (Å²) in [5, 5.41) is 0. The molecule has 0 radical (unpaired) electrons. The number of benzene rings is 1. The zero-order chi connectivity index (χ0) is 14.2. The molecule has 2 nitrogen and oxygen atoms in total. The molecule has 1 aromatic heterocycles. The van der Waals surface area contributed by atoms with Crippen molar-refractivity contribution in [3.63, 3.8) is 0 Å². The number of aryl methyl sites for hydroxylation is 2. The van der Waals surface area contributed by atoms with Gasteiger partial charge in [0.1, 0.15) is 18.1 Å². The molecule has 0 spiro atoms. The average Bonchev–Trinajstić information content (AvgIpc) is 2.96. The highest BCUT2D eigenvalue weighted by Crippen LogP contribution is 2.09. The summed E-state index contributed by atoms with van der Waals surface area (Å²) in [5.41, 5.74) is 2.64. The Balaban J connectivity index is 1.87. The van der Waals surface area contributed by atoms with E-state index in [1.165, 1.54) is 43.4 Å². The molecule has 2 rings (SSSR count). The summed E-state index contributed by atoms with van der Waals surface area (Å²) < 4.78 is 4.49. The van der Waals surface area contributed by atoms with Gasteiger partial charge in [0.05, 0.1) is 6.54 Å². The molecule has 2 heteroatoms. The topological polar surface area (TPSA) is 8.81 Å². The first-order chi connectivity index (χ1) is 9.83. The third-order valence-electron chi connectivity index (χ3n) is 3.85. The summed E-state index contributed by atoms with van der Waals surface area (Å²) in [6, 6.07) is 8.82. The summed E-state index contributed by atoms with van der Waals surface area (Å²) in [7, 11) is 0. The fourth-order valence-electron chi connectivity index (χ4n) is 2.48. The zero-order valence-electron chi connectivity index (χ0n) is 12.9. The van der Waals surface area contributed by atoms with E-state index in [0.29, 0.717) is 0 Å². The average molecular weight is 271 g/mol. The van der Waals surface area contributed by atoms with Gasteiger partial charge in [-0.1, -0.05) is 45.2 Å². The van der Waals surface area contributed by atoms with Crippen LogP contribution in [0, 0.1) is 0 Å². The summed E-state index contributed by atoms with van der Waals surface area (Å²) in [6.07, 6.45) is 14.3. The number of rotatable bonds is 8. The van der Waals surface area contributed by atoms with E-state index < -0.39 is 0 Å². The molecule has 0 amide bonds. The smallest absolute Gasteiger partial charge is 0.236 e. The van der Waals surface area contributed by atoms with Crippen molar-refractivity contribution in [3.8, 4) is 5.69 Å². The molecule has 0 fully saturated rings. The van der Waals surface area contributed by atoms with Crippen molar-refractivity contribution in [2.75, 3.05) is 0 Å². The first-order valence-electron chi connectivity index (χ1n) is 8.00. The molecule has 0 aliphatic carbocycles. The van der Waals surface area contributed by atoms with Gasteiger partial charge in [-0.05, 0) is 37.0 Å². The second-order valence-corrected chi connectivity index (χ2v) is 5.49. The molecule has 1 aromatic carbocycles. The highest BCUT2D eigenvalue weighted by molar-refractivity contribution is 5.34. The molecular weight excluding hydrogens is 244 g/mol. The van der Waals surface area contributed by atoms with Crippen molar-refractivity contribution in [3.05, 3.63) is 48.5 Å². The lowest BCUT2D eigenvalue weighted by molar-refractivity contribution is -0.696. The molecule has 0 saturated carbocycles. The lowest BCUT2D eigenvalue weighted by Gasteiger charge is -1.99. The number of hydrogen-bond acceptors (Lipinski definition) is 0. The lowest BCUT2D eigenvalue weighted by atomic mass is 10.1. The van der Waals surface area contributed by atoms with Gasteiger partial charge in [-0.15, -0.1) is 0 Å². The standard InChI is InChI=1S/C18H27N2/c1-3-5-6-7-8-13-19-14-15-20(16-19)18-11-9-17(4-2)10-12-18/h9-12,14-16H,3-8,13H2,1-2H3/q+1. The first kappa shape index (κ1) is 14.8. The van der Waals surface area contributed by atoms with Crippen LogP contribution in [-0.2, 0) is 13.0 Å². The van der Waals surface area contributed by atoms with Gasteiger partial charge in [-0.3, -0.25) is 0 Å². The van der Waals surface area contributed by atoms with Gasteiger partial charge in [-0.25, -0.2) is 9.13 Å². The predicted molar refractivity (Wildman–Crippen MR) is 84.1 cm³/mol. The molecule has 20 heavy (non-hydrogen) atoms. The Morgan fingerprint density at radius 3 is 2.40 bits per heavy atom. The summed E-state index contributed by atoms with van der Waals surface area (Å²) in [6.45, 7) is 5.58. The Hall–Kier alpha value is -1.57. The van der Waals surface area contributed by atoms with Crippen molar-refractivity contribution in [2.24, 2.45) is 0 Å². The number of imidazole rings is 1. The monoisotopic (exact) mass is 271 g/mol. The SMILES string of the molecule is CCCCCCC[n+]1ccn(-c2ccc(CC)cc2)c1. The third kappa shape index (κ3) is 4.22. The number of aromatic nitrogens is 2. The van der Waals surface area contributed by atoms with Gasteiger partial charge >= 0.3 is 0 Å². The van der Waals surface area contributed by atoms with E-state index in [2.05, 4.69) is 66.0 Å². The number of hydrogen-bond donors (Lipinski definition) is 0. The fourth-order valence-corrected chi connectivity index (χ4v) is 2.48. The number of unbranched alkanes of at least 4 members (excludes halogenated alkanes) is 4. The Labute approximate surface area is 123 Å².